The molecule has 1 atom stereocenters. The van der Waals surface area contributed by atoms with Gasteiger partial charge in [0.15, 0.2) is 0 Å². The zero-order chi connectivity index (χ0) is 14.5. The molecule has 2 aromatic rings. The Morgan fingerprint density at radius 1 is 1.15 bits per heavy atom. The maximum Gasteiger partial charge on any atom is 0.146 e. The van der Waals surface area contributed by atoms with Gasteiger partial charge >= 0.3 is 0 Å². The van der Waals surface area contributed by atoms with Crippen LogP contribution in [0.2, 0.25) is 5.02 Å². The van der Waals surface area contributed by atoms with Gasteiger partial charge in [-0.1, -0.05) is 35.9 Å². The average molecular weight is 293 g/mol. The maximum absolute atomic E-state index is 9.52. The van der Waals surface area contributed by atoms with Crippen LogP contribution in [0.1, 0.15) is 24.2 Å². The van der Waals surface area contributed by atoms with Crippen LogP contribution in [0, 0.1) is 0 Å². The van der Waals surface area contributed by atoms with E-state index in [4.69, 9.17) is 21.4 Å². The normalized spacial score (nSPS) is 12.2. The van der Waals surface area contributed by atoms with Gasteiger partial charge in [0.25, 0.3) is 0 Å². The van der Waals surface area contributed by atoms with Crippen molar-refractivity contribution in [3.63, 3.8) is 0 Å². The van der Waals surface area contributed by atoms with Crippen molar-refractivity contribution in [2.24, 2.45) is 0 Å². The molecule has 0 aliphatic carbocycles. The zero-order valence-corrected chi connectivity index (χ0v) is 12.0. The third kappa shape index (κ3) is 3.51. The molecule has 3 nitrogen and oxygen atoms in total. The highest BCUT2D eigenvalue weighted by atomic mass is 35.5. The van der Waals surface area contributed by atoms with Gasteiger partial charge in [0.05, 0.1) is 11.1 Å². The topological polar surface area (TPSA) is 49.7 Å². The highest BCUT2D eigenvalue weighted by molar-refractivity contribution is 6.32. The molecular formula is C16H17ClO3. The van der Waals surface area contributed by atoms with Crippen molar-refractivity contribution in [3.05, 3.63) is 58.6 Å². The molecule has 2 rings (SSSR count). The lowest BCUT2D eigenvalue weighted by Crippen LogP contribution is -1.96. The molecule has 0 unspecified atom stereocenters. The second-order valence-electron chi connectivity index (χ2n) is 4.55. The van der Waals surface area contributed by atoms with Crippen LogP contribution in [0.3, 0.4) is 0 Å². The van der Waals surface area contributed by atoms with E-state index in [0.717, 1.165) is 11.1 Å². The molecule has 2 N–H and O–H groups in total. The molecule has 0 heterocycles. The molecule has 2 aromatic carbocycles. The van der Waals surface area contributed by atoms with Crippen LogP contribution >= 0.6 is 11.6 Å². The van der Waals surface area contributed by atoms with E-state index < -0.39 is 6.10 Å². The molecular weight excluding hydrogens is 276 g/mol. The number of benzene rings is 2. The largest absolute Gasteiger partial charge is 0.456 e. The standard InChI is InChI=1S/C16H17ClO3/c1-11(19)13-6-7-16(14(17)10-13)20-15-5-3-2-4-12(15)8-9-18/h2-7,10-11,18-19H,8-9H2,1H3/t11-/m1/s1. The first kappa shape index (κ1) is 14.9. The molecule has 0 fully saturated rings. The lowest BCUT2D eigenvalue weighted by atomic mass is 10.1. The lowest BCUT2D eigenvalue weighted by molar-refractivity contribution is 0.199. The van der Waals surface area contributed by atoms with Crippen LogP contribution in [0.5, 0.6) is 11.5 Å². The lowest BCUT2D eigenvalue weighted by Gasteiger charge is -2.13. The van der Waals surface area contributed by atoms with E-state index in [2.05, 4.69) is 0 Å². The maximum atomic E-state index is 9.52. The smallest absolute Gasteiger partial charge is 0.146 e. The van der Waals surface area contributed by atoms with Crippen LogP contribution in [0.4, 0.5) is 0 Å². The van der Waals surface area contributed by atoms with E-state index in [1.165, 1.54) is 0 Å². The van der Waals surface area contributed by atoms with Gasteiger partial charge in [-0.05, 0) is 42.7 Å². The molecule has 0 saturated heterocycles. The minimum absolute atomic E-state index is 0.0646. The fourth-order valence-electron chi connectivity index (χ4n) is 1.91. The van der Waals surface area contributed by atoms with Crippen molar-refractivity contribution in [1.82, 2.24) is 0 Å². The second kappa shape index (κ2) is 6.75. The van der Waals surface area contributed by atoms with E-state index in [0.29, 0.717) is 22.9 Å². The van der Waals surface area contributed by atoms with E-state index in [9.17, 15) is 5.11 Å². The Balaban J connectivity index is 2.26. The predicted octanol–water partition coefficient (Wildman–Crippen LogP) is 3.72. The summed E-state index contributed by atoms with van der Waals surface area (Å²) in [6.45, 7) is 1.75. The van der Waals surface area contributed by atoms with E-state index in [1.807, 2.05) is 24.3 Å². The molecule has 0 amide bonds. The van der Waals surface area contributed by atoms with Crippen molar-refractivity contribution in [2.45, 2.75) is 19.4 Å². The average Bonchev–Trinajstić information content (AvgIpc) is 2.43. The molecule has 0 aliphatic rings. The number of hydrogen-bond donors (Lipinski definition) is 2. The predicted molar refractivity (Wildman–Crippen MR) is 79.4 cm³/mol. The van der Waals surface area contributed by atoms with Gasteiger partial charge in [-0.15, -0.1) is 0 Å². The SMILES string of the molecule is C[C@@H](O)c1ccc(Oc2ccccc2CCO)c(Cl)c1. The Morgan fingerprint density at radius 3 is 2.55 bits per heavy atom. The summed E-state index contributed by atoms with van der Waals surface area (Å²) >= 11 is 6.17. The number of ether oxygens (including phenoxy) is 1. The number of para-hydroxylation sites is 1. The molecule has 4 heteroatoms. The summed E-state index contributed by atoms with van der Waals surface area (Å²) < 4.78 is 5.80. The van der Waals surface area contributed by atoms with Crippen LogP contribution < -0.4 is 4.74 Å². The Bertz CT molecular complexity index is 582. The third-order valence-electron chi connectivity index (χ3n) is 3.01. The molecule has 0 aliphatic heterocycles. The Kier molecular flexibility index (Phi) is 5.01. The number of rotatable bonds is 5. The first-order valence-corrected chi connectivity index (χ1v) is 6.83. The van der Waals surface area contributed by atoms with E-state index in [1.54, 1.807) is 25.1 Å². The molecule has 20 heavy (non-hydrogen) atoms. The van der Waals surface area contributed by atoms with Crippen molar-refractivity contribution in [2.75, 3.05) is 6.61 Å². The summed E-state index contributed by atoms with van der Waals surface area (Å²) in [4.78, 5) is 0. The van der Waals surface area contributed by atoms with Gasteiger partial charge in [0.1, 0.15) is 11.5 Å². The van der Waals surface area contributed by atoms with Crippen LogP contribution in [0.15, 0.2) is 42.5 Å². The molecule has 0 aromatic heterocycles. The Morgan fingerprint density at radius 2 is 1.90 bits per heavy atom. The highest BCUT2D eigenvalue weighted by Gasteiger charge is 2.09. The third-order valence-corrected chi connectivity index (χ3v) is 3.31. The van der Waals surface area contributed by atoms with Crippen molar-refractivity contribution < 1.29 is 14.9 Å². The van der Waals surface area contributed by atoms with Crippen molar-refractivity contribution in [1.29, 1.82) is 0 Å². The number of hydrogen-bond acceptors (Lipinski definition) is 3. The highest BCUT2D eigenvalue weighted by Crippen LogP contribution is 2.33. The summed E-state index contributed by atoms with van der Waals surface area (Å²) in [6, 6.07) is 12.7. The van der Waals surface area contributed by atoms with Gasteiger partial charge in [-0.2, -0.15) is 0 Å². The van der Waals surface area contributed by atoms with Gasteiger partial charge < -0.3 is 14.9 Å². The van der Waals surface area contributed by atoms with Crippen molar-refractivity contribution >= 4 is 11.6 Å². The molecule has 106 valence electrons. The van der Waals surface area contributed by atoms with Gasteiger partial charge in [0.2, 0.25) is 0 Å². The molecule has 0 spiro atoms. The minimum atomic E-state index is -0.566. The van der Waals surface area contributed by atoms with Crippen molar-refractivity contribution in [3.8, 4) is 11.5 Å². The molecule has 0 bridgehead atoms. The summed E-state index contributed by atoms with van der Waals surface area (Å²) in [7, 11) is 0. The molecule has 0 radical (unpaired) electrons. The zero-order valence-electron chi connectivity index (χ0n) is 11.2. The summed E-state index contributed by atoms with van der Waals surface area (Å²) in [6.07, 6.45) is -0.0391. The van der Waals surface area contributed by atoms with E-state index in [-0.39, 0.29) is 6.61 Å². The quantitative estimate of drug-likeness (QED) is 0.883. The van der Waals surface area contributed by atoms with Crippen LogP contribution in [-0.4, -0.2) is 16.8 Å². The Hall–Kier alpha value is -1.55. The van der Waals surface area contributed by atoms with Crippen LogP contribution in [0.25, 0.3) is 0 Å². The fourth-order valence-corrected chi connectivity index (χ4v) is 2.14. The monoisotopic (exact) mass is 292 g/mol. The van der Waals surface area contributed by atoms with E-state index >= 15 is 0 Å². The summed E-state index contributed by atoms with van der Waals surface area (Å²) in [5.41, 5.74) is 1.66. The molecule has 0 saturated carbocycles. The van der Waals surface area contributed by atoms with Gasteiger partial charge in [-0.25, -0.2) is 0 Å². The summed E-state index contributed by atoms with van der Waals surface area (Å²) in [5.74, 6) is 1.20. The fraction of sp³-hybridized carbons (Fsp3) is 0.250. The minimum Gasteiger partial charge on any atom is -0.456 e. The second-order valence-corrected chi connectivity index (χ2v) is 4.96. The Labute approximate surface area is 123 Å². The first-order chi connectivity index (χ1) is 9.61. The van der Waals surface area contributed by atoms with Gasteiger partial charge in [0, 0.05) is 6.61 Å². The number of halogens is 1. The first-order valence-electron chi connectivity index (χ1n) is 6.46. The van der Waals surface area contributed by atoms with Crippen LogP contribution in [-0.2, 0) is 6.42 Å². The summed E-state index contributed by atoms with van der Waals surface area (Å²) in [5, 5.41) is 19.0. The number of aliphatic hydroxyl groups is 2. The number of aliphatic hydroxyl groups excluding tert-OH is 2. The van der Waals surface area contributed by atoms with Gasteiger partial charge in [-0.3, -0.25) is 0 Å².